The quantitative estimate of drug-likeness (QED) is 0.436. The van der Waals surface area contributed by atoms with Gasteiger partial charge in [0.15, 0.2) is 5.75 Å². The topological polar surface area (TPSA) is 106 Å². The smallest absolute Gasteiger partial charge is 0.341 e. The van der Waals surface area contributed by atoms with Crippen LogP contribution in [0, 0.1) is 5.82 Å². The number of rotatable bonds is 7. The van der Waals surface area contributed by atoms with E-state index in [4.69, 9.17) is 0 Å². The van der Waals surface area contributed by atoms with Crippen LogP contribution >= 0.6 is 0 Å². The molecular formula is C21H21FN2O5S. The summed E-state index contributed by atoms with van der Waals surface area (Å²) in [5.74, 6) is -1.67. The van der Waals surface area contributed by atoms with Gasteiger partial charge in [-0.05, 0) is 48.2 Å². The maximum Gasteiger partial charge on any atom is 0.341 e. The van der Waals surface area contributed by atoms with Crippen molar-refractivity contribution in [3.8, 4) is 5.75 Å². The standard InChI is InChI=1S/C21H21FN2O5S/c1-3-8-30(27,28)24-18-11-17(21(26)29-2)20(25)19-16(18)10-14(12-23-19)9-13-4-6-15(22)7-5-13/h4-7,10-12,24-25H,3,8-9H2,1-2H3. The van der Waals surface area contributed by atoms with Crippen LogP contribution < -0.4 is 4.72 Å². The highest BCUT2D eigenvalue weighted by atomic mass is 32.2. The number of hydrogen-bond acceptors (Lipinski definition) is 6. The van der Waals surface area contributed by atoms with Gasteiger partial charge in [0, 0.05) is 11.6 Å². The number of sulfonamides is 1. The lowest BCUT2D eigenvalue weighted by molar-refractivity contribution is 0.0597. The minimum atomic E-state index is -3.67. The SMILES string of the molecule is CCCS(=O)(=O)Nc1cc(C(=O)OC)c(O)c2ncc(Cc3ccc(F)cc3)cc12. The fraction of sp³-hybridized carbons (Fsp3) is 0.238. The number of methoxy groups -OCH3 is 1. The highest BCUT2D eigenvalue weighted by Crippen LogP contribution is 2.35. The molecule has 1 heterocycles. The lowest BCUT2D eigenvalue weighted by atomic mass is 10.0. The summed E-state index contributed by atoms with van der Waals surface area (Å²) in [6.07, 6.45) is 2.34. The zero-order valence-electron chi connectivity index (χ0n) is 16.5. The fourth-order valence-corrected chi connectivity index (χ4v) is 4.24. The number of aromatic hydroxyl groups is 1. The first-order chi connectivity index (χ1) is 14.2. The molecule has 0 bridgehead atoms. The second-order valence-corrected chi connectivity index (χ2v) is 8.62. The minimum Gasteiger partial charge on any atom is -0.505 e. The zero-order chi connectivity index (χ0) is 21.9. The molecule has 0 amide bonds. The summed E-state index contributed by atoms with van der Waals surface area (Å²) in [7, 11) is -2.51. The number of phenolic OH excluding ortho intramolecular Hbond substituents is 1. The Morgan fingerprint density at radius 3 is 2.53 bits per heavy atom. The first-order valence-corrected chi connectivity index (χ1v) is 10.9. The first kappa shape index (κ1) is 21.5. The third-order valence-electron chi connectivity index (χ3n) is 4.47. The van der Waals surface area contributed by atoms with Crippen molar-refractivity contribution in [2.45, 2.75) is 19.8 Å². The van der Waals surface area contributed by atoms with Gasteiger partial charge >= 0.3 is 5.97 Å². The Kier molecular flexibility index (Phi) is 6.21. The monoisotopic (exact) mass is 432 g/mol. The molecule has 0 aliphatic carbocycles. The summed E-state index contributed by atoms with van der Waals surface area (Å²) < 4.78 is 45.0. The van der Waals surface area contributed by atoms with Crippen molar-refractivity contribution < 1.29 is 27.4 Å². The number of carbonyl (C=O) groups is 1. The van der Waals surface area contributed by atoms with Gasteiger partial charge in [-0.3, -0.25) is 9.71 Å². The van der Waals surface area contributed by atoms with E-state index in [9.17, 15) is 22.7 Å². The summed E-state index contributed by atoms with van der Waals surface area (Å²) >= 11 is 0. The number of pyridine rings is 1. The molecule has 2 N–H and O–H groups in total. The number of benzene rings is 2. The molecule has 0 atom stereocenters. The average Bonchev–Trinajstić information content (AvgIpc) is 2.71. The number of hydrogen-bond donors (Lipinski definition) is 2. The van der Waals surface area contributed by atoms with Gasteiger partial charge < -0.3 is 9.84 Å². The van der Waals surface area contributed by atoms with Crippen LogP contribution in [0.25, 0.3) is 10.9 Å². The van der Waals surface area contributed by atoms with Crippen LogP contribution in [0.5, 0.6) is 5.75 Å². The molecular weight excluding hydrogens is 411 g/mol. The molecule has 1 aromatic heterocycles. The molecule has 30 heavy (non-hydrogen) atoms. The van der Waals surface area contributed by atoms with Gasteiger partial charge in [-0.15, -0.1) is 0 Å². The number of anilines is 1. The highest BCUT2D eigenvalue weighted by molar-refractivity contribution is 7.92. The molecule has 0 saturated carbocycles. The van der Waals surface area contributed by atoms with Crippen molar-refractivity contribution in [3.05, 3.63) is 65.1 Å². The lowest BCUT2D eigenvalue weighted by Crippen LogP contribution is -2.17. The number of fused-ring (bicyclic) bond motifs is 1. The second-order valence-electron chi connectivity index (χ2n) is 6.78. The van der Waals surface area contributed by atoms with Gasteiger partial charge in [0.1, 0.15) is 16.9 Å². The molecule has 0 aliphatic rings. The molecule has 9 heteroatoms. The van der Waals surface area contributed by atoms with Crippen LogP contribution in [0.3, 0.4) is 0 Å². The molecule has 0 unspecified atom stereocenters. The average molecular weight is 432 g/mol. The van der Waals surface area contributed by atoms with Gasteiger partial charge in [0.05, 0.1) is 18.6 Å². The van der Waals surface area contributed by atoms with Crippen molar-refractivity contribution in [1.29, 1.82) is 0 Å². The van der Waals surface area contributed by atoms with Crippen molar-refractivity contribution in [2.24, 2.45) is 0 Å². The number of nitrogens with zero attached hydrogens (tertiary/aromatic N) is 1. The lowest BCUT2D eigenvalue weighted by Gasteiger charge is -2.14. The first-order valence-electron chi connectivity index (χ1n) is 9.22. The van der Waals surface area contributed by atoms with Crippen molar-refractivity contribution >= 4 is 32.6 Å². The largest absolute Gasteiger partial charge is 0.505 e. The van der Waals surface area contributed by atoms with E-state index in [0.717, 1.165) is 18.2 Å². The second kappa shape index (κ2) is 8.66. The molecule has 0 radical (unpaired) electrons. The van der Waals surface area contributed by atoms with Gasteiger partial charge in [0.25, 0.3) is 0 Å². The fourth-order valence-electron chi connectivity index (χ4n) is 3.09. The van der Waals surface area contributed by atoms with E-state index in [1.165, 1.54) is 24.4 Å². The van der Waals surface area contributed by atoms with Gasteiger partial charge in [0.2, 0.25) is 10.0 Å². The Hall–Kier alpha value is -3.20. The Bertz CT molecular complexity index is 1190. The molecule has 2 aromatic carbocycles. The Morgan fingerprint density at radius 2 is 1.90 bits per heavy atom. The Balaban J connectivity index is 2.14. The van der Waals surface area contributed by atoms with E-state index >= 15 is 0 Å². The number of nitrogens with one attached hydrogen (secondary N) is 1. The van der Waals surface area contributed by atoms with Crippen LogP contribution in [0.2, 0.25) is 0 Å². The summed E-state index contributed by atoms with van der Waals surface area (Å²) in [6.45, 7) is 1.73. The summed E-state index contributed by atoms with van der Waals surface area (Å²) in [6, 6.07) is 8.89. The maximum atomic E-state index is 13.1. The van der Waals surface area contributed by atoms with E-state index in [1.807, 2.05) is 0 Å². The maximum absolute atomic E-state index is 13.1. The normalized spacial score (nSPS) is 11.4. The molecule has 7 nitrogen and oxygen atoms in total. The predicted molar refractivity (Wildman–Crippen MR) is 112 cm³/mol. The number of aromatic nitrogens is 1. The molecule has 3 aromatic rings. The van der Waals surface area contributed by atoms with Gasteiger partial charge in [-0.2, -0.15) is 0 Å². The molecule has 0 fully saturated rings. The van der Waals surface area contributed by atoms with E-state index in [-0.39, 0.29) is 28.3 Å². The highest BCUT2D eigenvalue weighted by Gasteiger charge is 2.21. The summed E-state index contributed by atoms with van der Waals surface area (Å²) in [5, 5.41) is 10.8. The van der Waals surface area contributed by atoms with Crippen LogP contribution in [-0.2, 0) is 21.2 Å². The minimum absolute atomic E-state index is 0.0648. The van der Waals surface area contributed by atoms with E-state index < -0.39 is 21.7 Å². The van der Waals surface area contributed by atoms with Crippen LogP contribution in [0.4, 0.5) is 10.1 Å². The summed E-state index contributed by atoms with van der Waals surface area (Å²) in [4.78, 5) is 16.3. The van der Waals surface area contributed by atoms with E-state index in [2.05, 4.69) is 14.4 Å². The van der Waals surface area contributed by atoms with E-state index in [1.54, 1.807) is 25.1 Å². The molecule has 0 aliphatic heterocycles. The van der Waals surface area contributed by atoms with Gasteiger partial charge in [-0.25, -0.2) is 17.6 Å². The molecule has 0 saturated heterocycles. The van der Waals surface area contributed by atoms with Crippen molar-refractivity contribution in [2.75, 3.05) is 17.6 Å². The van der Waals surface area contributed by atoms with Crippen LogP contribution in [0.1, 0.15) is 34.8 Å². The summed E-state index contributed by atoms with van der Waals surface area (Å²) in [5.41, 5.74) is 1.54. The van der Waals surface area contributed by atoms with Gasteiger partial charge in [-0.1, -0.05) is 19.1 Å². The van der Waals surface area contributed by atoms with Crippen LogP contribution in [-0.4, -0.2) is 37.3 Å². The molecule has 0 spiro atoms. The molecule has 158 valence electrons. The predicted octanol–water partition coefficient (Wildman–Crippen LogP) is 3.61. The number of carbonyl (C=O) groups excluding carboxylic acids is 1. The van der Waals surface area contributed by atoms with Crippen molar-refractivity contribution in [1.82, 2.24) is 4.98 Å². The number of halogens is 1. The molecule has 3 rings (SSSR count). The van der Waals surface area contributed by atoms with Crippen LogP contribution in [0.15, 0.2) is 42.6 Å². The number of ether oxygens (including phenoxy) is 1. The third-order valence-corrected chi connectivity index (χ3v) is 5.94. The number of phenols is 1. The zero-order valence-corrected chi connectivity index (χ0v) is 17.3. The van der Waals surface area contributed by atoms with E-state index in [0.29, 0.717) is 18.2 Å². The number of esters is 1. The van der Waals surface area contributed by atoms with Crippen molar-refractivity contribution in [3.63, 3.8) is 0 Å². The third kappa shape index (κ3) is 4.68. The Morgan fingerprint density at radius 1 is 1.20 bits per heavy atom. The Labute approximate surface area is 173 Å².